The maximum atomic E-state index is 14.7. The topological polar surface area (TPSA) is 107 Å². The Kier molecular flexibility index (Phi) is 10.8. The maximum Gasteiger partial charge on any atom is 0.338 e. The van der Waals surface area contributed by atoms with Crippen molar-refractivity contribution in [2.24, 2.45) is 5.92 Å². The van der Waals surface area contributed by atoms with Crippen LogP contribution in [0.5, 0.6) is 0 Å². The van der Waals surface area contributed by atoms with Gasteiger partial charge in [-0.3, -0.25) is 0 Å². The fraction of sp³-hybridized carbons (Fsp3) is 0.538. The molecule has 0 bridgehead atoms. The molecular formula is C39H51FO8Si. The van der Waals surface area contributed by atoms with E-state index < -0.39 is 37.8 Å². The van der Waals surface area contributed by atoms with Gasteiger partial charge >= 0.3 is 11.9 Å². The zero-order chi connectivity index (χ0) is 35.8. The first-order valence-corrected chi connectivity index (χ1v) is 20.1. The van der Waals surface area contributed by atoms with Crippen molar-refractivity contribution < 1.29 is 42.5 Å². The van der Waals surface area contributed by atoms with Crippen molar-refractivity contribution in [3.05, 3.63) is 96.1 Å². The molecule has 2 aliphatic carbocycles. The quantitative estimate of drug-likeness (QED) is 0.132. The van der Waals surface area contributed by atoms with Gasteiger partial charge in [-0.15, -0.1) is 0 Å². The van der Waals surface area contributed by atoms with Crippen molar-refractivity contribution >= 4 is 20.3 Å². The number of ether oxygens (including phenoxy) is 4. The summed E-state index contributed by atoms with van der Waals surface area (Å²) in [5.74, 6) is -0.380. The molecule has 6 rings (SSSR count). The summed E-state index contributed by atoms with van der Waals surface area (Å²) in [6, 6.07) is 17.7. The summed E-state index contributed by atoms with van der Waals surface area (Å²) >= 11 is 0. The second-order valence-electron chi connectivity index (χ2n) is 15.4. The van der Waals surface area contributed by atoms with Gasteiger partial charge in [-0.05, 0) is 72.3 Å². The molecule has 2 heterocycles. The summed E-state index contributed by atoms with van der Waals surface area (Å²) < 4.78 is 43.5. The van der Waals surface area contributed by atoms with Crippen LogP contribution in [0.2, 0.25) is 18.1 Å². The summed E-state index contributed by atoms with van der Waals surface area (Å²) in [5.41, 5.74) is 0.922. The van der Waals surface area contributed by atoms with Crippen LogP contribution in [0, 0.1) is 5.92 Å². The smallest absolute Gasteiger partial charge is 0.338 e. The average molecular weight is 695 g/mol. The molecule has 2 aromatic carbocycles. The molecule has 4 aliphatic rings. The second-order valence-corrected chi connectivity index (χ2v) is 20.2. The van der Waals surface area contributed by atoms with Gasteiger partial charge in [0, 0.05) is 12.8 Å². The molecule has 8 nitrogen and oxygen atoms in total. The second kappa shape index (κ2) is 14.2. The molecule has 2 saturated carbocycles. The summed E-state index contributed by atoms with van der Waals surface area (Å²) in [5, 5.41) is 10.1. The molecule has 10 heteroatoms. The number of hydrogen-bond donors (Lipinski definition) is 1. The standard InChI is InChI=1S/C22H31FO4Si.C17H20O4/c1-15-18(23)12-17(27-28(5,6)21(2,3)4)13-22(15)19(26-22)14-25-20(24)16-10-8-7-9-11-16;1-11-8-14(18)12(2)17(9-11)15(21-17)10-20-16(19)13-6-4-3-5-7-13/h7-11,17-19H,1,12-14H2,2-6H3;3-7,11,14-15,18H,2,8-10H2,1H3/t17?,18-,19?,22?;/m0./s1. The van der Waals surface area contributed by atoms with Crippen molar-refractivity contribution in [1.82, 2.24) is 0 Å². The number of aliphatic hydroxyl groups is 1. The van der Waals surface area contributed by atoms with E-state index in [4.69, 9.17) is 23.4 Å². The summed E-state index contributed by atoms with van der Waals surface area (Å²) in [6.45, 7) is 21.1. The Morgan fingerprint density at radius 1 is 0.857 bits per heavy atom. The van der Waals surface area contributed by atoms with Crippen molar-refractivity contribution in [3.8, 4) is 0 Å². The van der Waals surface area contributed by atoms with Crippen LogP contribution in [-0.2, 0) is 23.4 Å². The van der Waals surface area contributed by atoms with E-state index in [1.165, 1.54) is 0 Å². The predicted molar refractivity (Wildman–Crippen MR) is 188 cm³/mol. The molecular weight excluding hydrogens is 644 g/mol. The third-order valence-electron chi connectivity index (χ3n) is 10.8. The van der Waals surface area contributed by atoms with Crippen LogP contribution in [0.1, 0.15) is 74.1 Å². The highest BCUT2D eigenvalue weighted by Gasteiger charge is 2.64. The van der Waals surface area contributed by atoms with Gasteiger partial charge in [0.05, 0.1) is 23.3 Å². The van der Waals surface area contributed by atoms with Gasteiger partial charge in [0.2, 0.25) is 0 Å². The third kappa shape index (κ3) is 8.10. The molecule has 7 unspecified atom stereocenters. The normalized spacial score (nSPS) is 32.2. The number of carbonyl (C=O) groups is 2. The first-order chi connectivity index (χ1) is 23.0. The molecule has 2 aliphatic heterocycles. The minimum Gasteiger partial charge on any atom is -0.459 e. The highest BCUT2D eigenvalue weighted by Crippen LogP contribution is 2.54. The lowest BCUT2D eigenvalue weighted by molar-refractivity contribution is 0.0468. The molecule has 266 valence electrons. The van der Waals surface area contributed by atoms with Crippen LogP contribution < -0.4 is 0 Å². The monoisotopic (exact) mass is 694 g/mol. The van der Waals surface area contributed by atoms with E-state index in [9.17, 15) is 19.1 Å². The van der Waals surface area contributed by atoms with Gasteiger partial charge in [-0.1, -0.05) is 77.3 Å². The molecule has 8 atom stereocenters. The van der Waals surface area contributed by atoms with Crippen LogP contribution in [0.15, 0.2) is 85.0 Å². The number of esters is 2. The van der Waals surface area contributed by atoms with E-state index >= 15 is 0 Å². The lowest BCUT2D eigenvalue weighted by atomic mass is 9.75. The van der Waals surface area contributed by atoms with Crippen LogP contribution in [0.25, 0.3) is 0 Å². The molecule has 2 saturated heterocycles. The first kappa shape index (κ1) is 37.1. The SMILES string of the molecule is C=C1C(O)CC(C)CC12OC2COC(=O)c1ccccc1.C=C1[C@@H](F)CC(O[Si](C)(C)C(C)(C)C)CC12OC2COC(=O)c1ccccc1. The van der Waals surface area contributed by atoms with E-state index in [-0.39, 0.29) is 42.5 Å². The van der Waals surface area contributed by atoms with E-state index in [2.05, 4.69) is 53.9 Å². The van der Waals surface area contributed by atoms with E-state index in [1.54, 1.807) is 48.5 Å². The Morgan fingerprint density at radius 3 is 1.80 bits per heavy atom. The Balaban J connectivity index is 0.000000199. The Labute approximate surface area is 290 Å². The lowest BCUT2D eigenvalue weighted by Gasteiger charge is -2.42. The Morgan fingerprint density at radius 2 is 1.33 bits per heavy atom. The average Bonchev–Trinajstić information content (AvgIpc) is 3.95. The Bertz CT molecular complexity index is 1520. The van der Waals surface area contributed by atoms with Crippen molar-refractivity contribution in [1.29, 1.82) is 0 Å². The molecule has 0 aromatic heterocycles. The van der Waals surface area contributed by atoms with Crippen LogP contribution in [0.4, 0.5) is 4.39 Å². The zero-order valence-corrected chi connectivity index (χ0v) is 30.6. The van der Waals surface area contributed by atoms with Gasteiger partial charge < -0.3 is 28.5 Å². The van der Waals surface area contributed by atoms with Crippen molar-refractivity contribution in [2.75, 3.05) is 13.2 Å². The summed E-state index contributed by atoms with van der Waals surface area (Å²) in [4.78, 5) is 24.1. The highest BCUT2D eigenvalue weighted by atomic mass is 28.4. The van der Waals surface area contributed by atoms with Gasteiger partial charge in [0.25, 0.3) is 0 Å². The molecule has 0 radical (unpaired) electrons. The van der Waals surface area contributed by atoms with Gasteiger partial charge in [-0.2, -0.15) is 0 Å². The molecule has 2 aromatic rings. The van der Waals surface area contributed by atoms with Crippen LogP contribution in [0.3, 0.4) is 0 Å². The highest BCUT2D eigenvalue weighted by molar-refractivity contribution is 6.74. The summed E-state index contributed by atoms with van der Waals surface area (Å²) in [7, 11) is -2.02. The fourth-order valence-corrected chi connectivity index (χ4v) is 8.10. The van der Waals surface area contributed by atoms with Crippen molar-refractivity contribution in [3.63, 3.8) is 0 Å². The van der Waals surface area contributed by atoms with Crippen molar-refractivity contribution in [2.45, 2.75) is 113 Å². The van der Waals surface area contributed by atoms with Gasteiger partial charge in [0.15, 0.2) is 8.32 Å². The number of aliphatic hydroxyl groups excluding tert-OH is 1. The number of hydrogen-bond acceptors (Lipinski definition) is 8. The van der Waals surface area contributed by atoms with E-state index in [1.807, 2.05) is 12.1 Å². The molecule has 49 heavy (non-hydrogen) atoms. The largest absolute Gasteiger partial charge is 0.459 e. The first-order valence-electron chi connectivity index (χ1n) is 17.2. The molecule has 2 spiro atoms. The fourth-order valence-electron chi connectivity index (χ4n) is 6.73. The maximum absolute atomic E-state index is 14.7. The number of alkyl halides is 1. The Hall–Kier alpha value is -3.15. The number of rotatable bonds is 8. The lowest BCUT2D eigenvalue weighted by Crippen LogP contribution is -2.48. The van der Waals surface area contributed by atoms with Gasteiger partial charge in [-0.25, -0.2) is 14.0 Å². The third-order valence-corrected chi connectivity index (χ3v) is 15.3. The van der Waals surface area contributed by atoms with E-state index in [0.717, 1.165) is 18.4 Å². The molecule has 4 fully saturated rings. The zero-order valence-electron chi connectivity index (χ0n) is 29.6. The number of benzene rings is 2. The molecule has 1 N–H and O–H groups in total. The number of epoxide rings is 2. The minimum absolute atomic E-state index is 0.0510. The van der Waals surface area contributed by atoms with Crippen LogP contribution >= 0.6 is 0 Å². The predicted octanol–water partition coefficient (Wildman–Crippen LogP) is 7.39. The molecule has 0 amide bonds. The minimum atomic E-state index is -2.02. The van der Waals surface area contributed by atoms with Gasteiger partial charge in [0.1, 0.15) is 42.8 Å². The number of carbonyl (C=O) groups excluding carboxylic acids is 2. The number of halogens is 1. The summed E-state index contributed by atoms with van der Waals surface area (Å²) in [6.07, 6.45) is -0.0270. The van der Waals surface area contributed by atoms with Crippen LogP contribution in [-0.4, -0.2) is 80.4 Å². The van der Waals surface area contributed by atoms with E-state index in [0.29, 0.717) is 35.5 Å².